The van der Waals surface area contributed by atoms with E-state index < -0.39 is 35.8 Å². The van der Waals surface area contributed by atoms with Gasteiger partial charge in [0.25, 0.3) is 17.7 Å². The number of unbranched alkanes of at least 4 members (excludes halogenated alkanes) is 7. The first-order chi connectivity index (χ1) is 18.3. The van der Waals surface area contributed by atoms with Gasteiger partial charge in [0, 0.05) is 19.5 Å². The van der Waals surface area contributed by atoms with Gasteiger partial charge in [-0.05, 0) is 31.4 Å². The lowest BCUT2D eigenvalue weighted by atomic mass is 10.0. The largest absolute Gasteiger partial charge is 0.483 e. The standard InChI is InChI=1S/C26H34N4O8/c31-20-13-12-18(23(33)29-20)30-24(34)17-10-9-11-19(22(17)25(30)35)38-16-21(32)27-14-7-5-3-1-2-4-6-8-15-28-26(36)37/h9-11,18,28H,1-8,12-16H2,(H,27,32)(H,36,37)(H,29,31,33). The van der Waals surface area contributed by atoms with Gasteiger partial charge >= 0.3 is 6.09 Å². The fraction of sp³-hybridized carbons (Fsp3) is 0.538. The highest BCUT2D eigenvalue weighted by Gasteiger charge is 2.46. The number of fused-ring (bicyclic) bond motifs is 1. The molecule has 38 heavy (non-hydrogen) atoms. The molecule has 12 nitrogen and oxygen atoms in total. The first-order valence-corrected chi connectivity index (χ1v) is 13.0. The number of ether oxygens (including phenoxy) is 1. The summed E-state index contributed by atoms with van der Waals surface area (Å²) in [6.45, 7) is 0.657. The minimum atomic E-state index is -1.07. The third-order valence-corrected chi connectivity index (χ3v) is 6.49. The number of hydrogen-bond donors (Lipinski definition) is 4. The molecule has 1 fully saturated rings. The highest BCUT2D eigenvalue weighted by molar-refractivity contribution is 6.24. The lowest BCUT2D eigenvalue weighted by molar-refractivity contribution is -0.136. The first kappa shape index (κ1) is 28.6. The Hall–Kier alpha value is -3.96. The summed E-state index contributed by atoms with van der Waals surface area (Å²) in [5, 5.41) is 15.8. The predicted molar refractivity (Wildman–Crippen MR) is 135 cm³/mol. The fourth-order valence-electron chi connectivity index (χ4n) is 4.53. The van der Waals surface area contributed by atoms with Crippen LogP contribution in [0.5, 0.6) is 5.75 Å². The van der Waals surface area contributed by atoms with Gasteiger partial charge in [-0.3, -0.25) is 34.2 Å². The Balaban J connectivity index is 1.35. The second-order valence-corrected chi connectivity index (χ2v) is 9.32. The van der Waals surface area contributed by atoms with Crippen LogP contribution in [0.4, 0.5) is 4.79 Å². The lowest BCUT2D eigenvalue weighted by Crippen LogP contribution is -2.54. The highest BCUT2D eigenvalue weighted by Crippen LogP contribution is 2.33. The van der Waals surface area contributed by atoms with Crippen molar-refractivity contribution < 1.29 is 38.6 Å². The molecule has 0 aliphatic carbocycles. The number of carboxylic acid groups (broad SMARTS) is 1. The van der Waals surface area contributed by atoms with Crippen molar-refractivity contribution in [3.8, 4) is 5.75 Å². The van der Waals surface area contributed by atoms with Gasteiger partial charge in [0.05, 0.1) is 11.1 Å². The summed E-state index contributed by atoms with van der Waals surface area (Å²) in [5.41, 5.74) is 0.0997. The van der Waals surface area contributed by atoms with Crippen LogP contribution in [-0.2, 0) is 14.4 Å². The van der Waals surface area contributed by atoms with Crippen molar-refractivity contribution in [1.82, 2.24) is 20.9 Å². The van der Waals surface area contributed by atoms with Crippen molar-refractivity contribution in [3.63, 3.8) is 0 Å². The molecule has 2 aliphatic rings. The van der Waals surface area contributed by atoms with Crippen molar-refractivity contribution in [2.45, 2.75) is 70.3 Å². The van der Waals surface area contributed by atoms with Crippen LogP contribution in [0.1, 0.15) is 84.9 Å². The Morgan fingerprint density at radius 2 is 1.55 bits per heavy atom. The minimum absolute atomic E-state index is 0.00754. The molecular formula is C26H34N4O8. The zero-order chi connectivity index (χ0) is 27.5. The van der Waals surface area contributed by atoms with Crippen LogP contribution in [0.25, 0.3) is 0 Å². The van der Waals surface area contributed by atoms with Crippen LogP contribution in [0, 0.1) is 0 Å². The van der Waals surface area contributed by atoms with Gasteiger partial charge in [-0.15, -0.1) is 0 Å². The highest BCUT2D eigenvalue weighted by atomic mass is 16.5. The van der Waals surface area contributed by atoms with E-state index in [1.807, 2.05) is 0 Å². The summed E-state index contributed by atoms with van der Waals surface area (Å²) < 4.78 is 5.57. The van der Waals surface area contributed by atoms with E-state index in [4.69, 9.17) is 9.84 Å². The molecule has 0 spiro atoms. The van der Waals surface area contributed by atoms with Gasteiger partial charge in [0.15, 0.2) is 6.61 Å². The molecule has 0 bridgehead atoms. The Bertz CT molecular complexity index is 1070. The summed E-state index contributed by atoms with van der Waals surface area (Å²) >= 11 is 0. The summed E-state index contributed by atoms with van der Waals surface area (Å²) in [7, 11) is 0. The minimum Gasteiger partial charge on any atom is -0.483 e. The van der Waals surface area contributed by atoms with E-state index >= 15 is 0 Å². The van der Waals surface area contributed by atoms with Crippen LogP contribution >= 0.6 is 0 Å². The number of nitrogens with zero attached hydrogens (tertiary/aromatic N) is 1. The molecule has 2 aliphatic heterocycles. The first-order valence-electron chi connectivity index (χ1n) is 13.0. The van der Waals surface area contributed by atoms with Crippen molar-refractivity contribution >= 4 is 35.6 Å². The van der Waals surface area contributed by atoms with Crippen molar-refractivity contribution in [2.24, 2.45) is 0 Å². The molecule has 1 unspecified atom stereocenters. The van der Waals surface area contributed by atoms with Crippen molar-refractivity contribution in [1.29, 1.82) is 0 Å². The molecule has 2 heterocycles. The monoisotopic (exact) mass is 530 g/mol. The number of piperidine rings is 1. The predicted octanol–water partition coefficient (Wildman–Crippen LogP) is 1.97. The summed E-state index contributed by atoms with van der Waals surface area (Å²) in [5.74, 6) is -2.72. The molecule has 1 aromatic rings. The Morgan fingerprint density at radius 1 is 0.921 bits per heavy atom. The zero-order valence-corrected chi connectivity index (χ0v) is 21.3. The number of carbonyl (C=O) groups is 6. The average Bonchev–Trinajstić information content (AvgIpc) is 3.13. The third-order valence-electron chi connectivity index (χ3n) is 6.49. The molecule has 1 saturated heterocycles. The molecule has 6 amide bonds. The number of rotatable bonds is 15. The number of hydrogen-bond acceptors (Lipinski definition) is 7. The Labute approximate surface area is 220 Å². The van der Waals surface area contributed by atoms with Gasteiger partial charge in [-0.1, -0.05) is 44.6 Å². The van der Waals surface area contributed by atoms with Gasteiger partial charge in [0.2, 0.25) is 11.8 Å². The molecule has 1 aromatic carbocycles. The molecular weight excluding hydrogens is 496 g/mol. The second-order valence-electron chi connectivity index (χ2n) is 9.32. The Morgan fingerprint density at radius 3 is 2.18 bits per heavy atom. The number of benzene rings is 1. The maximum absolute atomic E-state index is 13.0. The molecule has 0 saturated carbocycles. The topological polar surface area (TPSA) is 171 Å². The SMILES string of the molecule is O=C(O)NCCCCCCCCCCNC(=O)COc1cccc2c1C(=O)N(C1CCC(=O)NC1=O)C2=O. The smallest absolute Gasteiger partial charge is 0.404 e. The second kappa shape index (κ2) is 14.1. The van der Waals surface area contributed by atoms with Gasteiger partial charge in [-0.25, -0.2) is 4.79 Å². The normalized spacial score (nSPS) is 16.7. The van der Waals surface area contributed by atoms with Gasteiger partial charge in [0.1, 0.15) is 11.8 Å². The zero-order valence-electron chi connectivity index (χ0n) is 21.3. The molecule has 206 valence electrons. The van der Waals surface area contributed by atoms with E-state index in [9.17, 15) is 28.8 Å². The van der Waals surface area contributed by atoms with E-state index in [0.29, 0.717) is 13.1 Å². The lowest BCUT2D eigenvalue weighted by Gasteiger charge is -2.27. The molecule has 0 radical (unpaired) electrons. The molecule has 12 heteroatoms. The third kappa shape index (κ3) is 7.77. The van der Waals surface area contributed by atoms with E-state index in [-0.39, 0.29) is 42.2 Å². The number of amides is 6. The van der Waals surface area contributed by atoms with Crippen LogP contribution in [0.15, 0.2) is 18.2 Å². The molecule has 1 atom stereocenters. The van der Waals surface area contributed by atoms with Gasteiger partial charge < -0.3 is 20.5 Å². The van der Waals surface area contributed by atoms with E-state index in [1.165, 1.54) is 18.2 Å². The Kier molecular flexibility index (Phi) is 10.6. The number of carbonyl (C=O) groups excluding carboxylic acids is 5. The summed E-state index contributed by atoms with van der Waals surface area (Å²) in [4.78, 5) is 73.0. The van der Waals surface area contributed by atoms with Crippen LogP contribution in [-0.4, -0.2) is 71.4 Å². The van der Waals surface area contributed by atoms with Crippen molar-refractivity contribution in [2.75, 3.05) is 19.7 Å². The van der Waals surface area contributed by atoms with Crippen LogP contribution in [0.3, 0.4) is 0 Å². The van der Waals surface area contributed by atoms with E-state index in [1.54, 1.807) is 0 Å². The maximum atomic E-state index is 13.0. The van der Waals surface area contributed by atoms with Crippen molar-refractivity contribution in [3.05, 3.63) is 29.3 Å². The average molecular weight is 531 g/mol. The number of nitrogens with one attached hydrogen (secondary N) is 3. The van der Waals surface area contributed by atoms with Crippen LogP contribution < -0.4 is 20.7 Å². The summed E-state index contributed by atoms with van der Waals surface area (Å²) in [6, 6.07) is 3.43. The van der Waals surface area contributed by atoms with Crippen LogP contribution in [0.2, 0.25) is 0 Å². The summed E-state index contributed by atoms with van der Waals surface area (Å²) in [6.07, 6.45) is 7.03. The fourth-order valence-corrected chi connectivity index (χ4v) is 4.53. The molecule has 0 aromatic heterocycles. The van der Waals surface area contributed by atoms with Gasteiger partial charge in [-0.2, -0.15) is 0 Å². The van der Waals surface area contributed by atoms with E-state index in [0.717, 1.165) is 56.3 Å². The number of imide groups is 2. The molecule has 3 rings (SSSR count). The van der Waals surface area contributed by atoms with E-state index in [2.05, 4.69) is 16.0 Å². The maximum Gasteiger partial charge on any atom is 0.404 e. The molecule has 4 N–H and O–H groups in total. The quantitative estimate of drug-likeness (QED) is 0.197.